The van der Waals surface area contributed by atoms with Gasteiger partial charge in [-0.25, -0.2) is 4.98 Å². The second-order valence-corrected chi connectivity index (χ2v) is 12.9. The highest BCUT2D eigenvalue weighted by molar-refractivity contribution is 6.00. The van der Waals surface area contributed by atoms with Gasteiger partial charge in [0.15, 0.2) is 0 Å². The van der Waals surface area contributed by atoms with E-state index in [4.69, 9.17) is 9.47 Å². The molecule has 0 saturated carbocycles. The smallest absolute Gasteiger partial charge is 0.255 e. The largest absolute Gasteiger partial charge is 0.497 e. The lowest BCUT2D eigenvalue weighted by atomic mass is 9.80. The normalized spacial score (nSPS) is 18.1. The molecule has 45 heavy (non-hydrogen) atoms. The number of carbonyl (C=O) groups is 2. The lowest BCUT2D eigenvalue weighted by Gasteiger charge is -2.46. The molecule has 0 aliphatic carbocycles. The van der Waals surface area contributed by atoms with Crippen LogP contribution in [-0.4, -0.2) is 70.6 Å². The number of aromatic nitrogens is 3. The summed E-state index contributed by atoms with van der Waals surface area (Å²) in [4.78, 5) is 38.5. The van der Waals surface area contributed by atoms with Crippen molar-refractivity contribution in [2.24, 2.45) is 0 Å². The number of piperidine rings is 1. The predicted octanol–water partition coefficient (Wildman–Crippen LogP) is 4.91. The van der Waals surface area contributed by atoms with Crippen molar-refractivity contribution in [1.82, 2.24) is 25.0 Å². The number of anilines is 1. The quantitative estimate of drug-likeness (QED) is 0.333. The van der Waals surface area contributed by atoms with Crippen molar-refractivity contribution >= 4 is 17.6 Å². The summed E-state index contributed by atoms with van der Waals surface area (Å²) in [6, 6.07) is 17.4. The third-order valence-corrected chi connectivity index (χ3v) is 9.71. The fraction of sp³-hybridized carbons (Fsp3) is 0.371. The molecule has 2 aromatic heterocycles. The van der Waals surface area contributed by atoms with Crippen molar-refractivity contribution in [3.8, 4) is 11.5 Å². The predicted molar refractivity (Wildman–Crippen MR) is 170 cm³/mol. The van der Waals surface area contributed by atoms with E-state index in [1.807, 2.05) is 58.5 Å². The number of nitrogens with one attached hydrogen (secondary N) is 1. The highest BCUT2D eigenvalue weighted by atomic mass is 16.5. The first-order chi connectivity index (χ1) is 21.7. The second-order valence-electron chi connectivity index (χ2n) is 12.9. The standard InChI is InChI=1S/C35H38N6O4/c1-34(2)22-40(21-25-19-37-38-31(25)34)32(42)24-9-12-36-30(17-24)39-13-10-35(11-14-39)29-8-6-5-7-28(29)33(43)41(35)20-23-15-26(44-3)18-27(16-23)45-4/h5-9,12,15-19H,10-11,13-14,20-22H2,1-4H3,(H,37,38). The molecule has 5 heterocycles. The number of ether oxygens (including phenoxy) is 2. The van der Waals surface area contributed by atoms with Crippen molar-refractivity contribution in [1.29, 1.82) is 0 Å². The first-order valence-corrected chi connectivity index (χ1v) is 15.4. The number of benzene rings is 2. The zero-order chi connectivity index (χ0) is 31.3. The Morgan fingerprint density at radius 1 is 1.00 bits per heavy atom. The molecule has 1 spiro atoms. The van der Waals surface area contributed by atoms with Crippen LogP contribution in [-0.2, 0) is 24.0 Å². The maximum atomic E-state index is 13.9. The summed E-state index contributed by atoms with van der Waals surface area (Å²) < 4.78 is 11.0. The minimum atomic E-state index is -0.449. The van der Waals surface area contributed by atoms with Crippen molar-refractivity contribution < 1.29 is 19.1 Å². The molecule has 2 aromatic carbocycles. The first-order valence-electron chi connectivity index (χ1n) is 15.4. The van der Waals surface area contributed by atoms with E-state index in [0.717, 1.165) is 46.6 Å². The molecule has 0 bridgehead atoms. The van der Waals surface area contributed by atoms with E-state index in [-0.39, 0.29) is 17.2 Å². The maximum Gasteiger partial charge on any atom is 0.255 e. The summed E-state index contributed by atoms with van der Waals surface area (Å²) in [5, 5.41) is 7.33. The van der Waals surface area contributed by atoms with Crippen LogP contribution >= 0.6 is 0 Å². The molecule has 2 amide bonds. The summed E-state index contributed by atoms with van der Waals surface area (Å²) in [6.45, 7) is 7.22. The van der Waals surface area contributed by atoms with E-state index in [1.165, 1.54) is 0 Å². The molecule has 3 aliphatic rings. The van der Waals surface area contributed by atoms with E-state index in [1.54, 1.807) is 26.5 Å². The van der Waals surface area contributed by atoms with Crippen molar-refractivity contribution in [3.63, 3.8) is 0 Å². The fourth-order valence-electron chi connectivity index (χ4n) is 7.45. The van der Waals surface area contributed by atoms with Crippen LogP contribution in [0.3, 0.4) is 0 Å². The number of rotatable bonds is 6. The van der Waals surface area contributed by atoms with Crippen LogP contribution < -0.4 is 14.4 Å². The van der Waals surface area contributed by atoms with Gasteiger partial charge in [0.2, 0.25) is 0 Å². The van der Waals surface area contributed by atoms with Gasteiger partial charge in [0.05, 0.1) is 26.0 Å². The van der Waals surface area contributed by atoms with Crippen LogP contribution in [0.25, 0.3) is 0 Å². The van der Waals surface area contributed by atoms with E-state index in [0.29, 0.717) is 49.8 Å². The summed E-state index contributed by atoms with van der Waals surface area (Å²) in [5.41, 5.74) is 4.89. The average molecular weight is 607 g/mol. The van der Waals surface area contributed by atoms with Gasteiger partial charge in [-0.15, -0.1) is 0 Å². The lowest BCUT2D eigenvalue weighted by molar-refractivity contribution is 0.0433. The molecule has 1 fully saturated rings. The zero-order valence-electron chi connectivity index (χ0n) is 26.2. The number of aromatic amines is 1. The Bertz CT molecular complexity index is 1750. The summed E-state index contributed by atoms with van der Waals surface area (Å²) in [5.74, 6) is 2.18. The van der Waals surface area contributed by atoms with Crippen molar-refractivity contribution in [2.75, 3.05) is 38.8 Å². The van der Waals surface area contributed by atoms with Gasteiger partial charge in [-0.2, -0.15) is 5.10 Å². The average Bonchev–Trinajstić information content (AvgIpc) is 3.63. The van der Waals surface area contributed by atoms with Gasteiger partial charge in [-0.3, -0.25) is 14.7 Å². The minimum Gasteiger partial charge on any atom is -0.497 e. The Balaban J connectivity index is 1.13. The molecule has 4 aromatic rings. The van der Waals surface area contributed by atoms with Crippen LogP contribution in [0.15, 0.2) is 67.0 Å². The third kappa shape index (κ3) is 4.88. The van der Waals surface area contributed by atoms with E-state index in [2.05, 4.69) is 40.0 Å². The molecule has 232 valence electrons. The maximum absolute atomic E-state index is 13.9. The van der Waals surface area contributed by atoms with Gasteiger partial charge < -0.3 is 24.2 Å². The number of methoxy groups -OCH3 is 2. The number of fused-ring (bicyclic) bond motifs is 3. The molecule has 0 radical (unpaired) electrons. The number of hydrogen-bond donors (Lipinski definition) is 1. The highest BCUT2D eigenvalue weighted by Crippen LogP contribution is 2.47. The van der Waals surface area contributed by atoms with E-state index in [9.17, 15) is 9.59 Å². The molecule has 0 atom stereocenters. The Hall–Kier alpha value is -4.86. The molecule has 10 nitrogen and oxygen atoms in total. The highest BCUT2D eigenvalue weighted by Gasteiger charge is 2.51. The van der Waals surface area contributed by atoms with Gasteiger partial charge in [0, 0.05) is 72.8 Å². The first kappa shape index (κ1) is 28.9. The van der Waals surface area contributed by atoms with Crippen LogP contribution in [0.1, 0.15) is 69.8 Å². The number of H-pyrrole nitrogens is 1. The van der Waals surface area contributed by atoms with Gasteiger partial charge >= 0.3 is 0 Å². The van der Waals surface area contributed by atoms with E-state index < -0.39 is 5.54 Å². The Labute approximate surface area is 263 Å². The van der Waals surface area contributed by atoms with E-state index >= 15 is 0 Å². The van der Waals surface area contributed by atoms with Gasteiger partial charge in [0.1, 0.15) is 17.3 Å². The lowest BCUT2D eigenvalue weighted by Crippen LogP contribution is -2.51. The Morgan fingerprint density at radius 3 is 2.47 bits per heavy atom. The number of amides is 2. The zero-order valence-corrected chi connectivity index (χ0v) is 26.2. The SMILES string of the molecule is COc1cc(CN2C(=O)c3ccccc3C23CCN(c2cc(C(=O)N4Cc5cn[nH]c5C(C)(C)C4)ccn2)CC3)cc(OC)c1. The van der Waals surface area contributed by atoms with Gasteiger partial charge in [0.25, 0.3) is 11.8 Å². The molecule has 1 N–H and O–H groups in total. The fourth-order valence-corrected chi connectivity index (χ4v) is 7.45. The van der Waals surface area contributed by atoms with Crippen molar-refractivity contribution in [2.45, 2.75) is 50.7 Å². The van der Waals surface area contributed by atoms with Crippen LogP contribution in [0, 0.1) is 0 Å². The molecule has 0 unspecified atom stereocenters. The molecule has 1 saturated heterocycles. The Kier molecular flexibility index (Phi) is 7.02. The Morgan fingerprint density at radius 2 is 1.73 bits per heavy atom. The van der Waals surface area contributed by atoms with Crippen LogP contribution in [0.5, 0.6) is 11.5 Å². The number of hydrogen-bond acceptors (Lipinski definition) is 7. The van der Waals surface area contributed by atoms with Gasteiger partial charge in [-0.1, -0.05) is 32.0 Å². The number of nitrogens with zero attached hydrogens (tertiary/aromatic N) is 5. The molecule has 7 rings (SSSR count). The summed E-state index contributed by atoms with van der Waals surface area (Å²) in [6.07, 6.45) is 5.01. The monoisotopic (exact) mass is 606 g/mol. The minimum absolute atomic E-state index is 0.0118. The summed E-state index contributed by atoms with van der Waals surface area (Å²) in [7, 11) is 3.26. The van der Waals surface area contributed by atoms with Gasteiger partial charge in [-0.05, 0) is 54.3 Å². The number of carbonyl (C=O) groups excluding carboxylic acids is 2. The van der Waals surface area contributed by atoms with Crippen molar-refractivity contribution in [3.05, 3.63) is 101 Å². The molecule has 10 heteroatoms. The molecular weight excluding hydrogens is 568 g/mol. The van der Waals surface area contributed by atoms with Crippen LogP contribution in [0.2, 0.25) is 0 Å². The molecule has 3 aliphatic heterocycles. The second kappa shape index (κ2) is 10.9. The topological polar surface area (TPSA) is 104 Å². The number of pyridine rings is 1. The molecular formula is C35H38N6O4. The van der Waals surface area contributed by atoms with Crippen LogP contribution in [0.4, 0.5) is 5.82 Å². The summed E-state index contributed by atoms with van der Waals surface area (Å²) >= 11 is 0. The third-order valence-electron chi connectivity index (χ3n) is 9.71.